The standard InChI is InChI=1S/C13H15NO5/c1-2-18-12(16)9-19-11(15)8-14-13(17)10-6-4-3-5-7-10/h3-7H,2,8-9H2,1H3,(H,14,17). The van der Waals surface area contributed by atoms with Crippen molar-refractivity contribution in [1.82, 2.24) is 5.32 Å². The van der Waals surface area contributed by atoms with E-state index >= 15 is 0 Å². The Morgan fingerprint density at radius 1 is 1.05 bits per heavy atom. The molecule has 0 bridgehead atoms. The number of nitrogens with one attached hydrogen (secondary N) is 1. The van der Waals surface area contributed by atoms with Gasteiger partial charge in [-0.3, -0.25) is 9.59 Å². The number of carbonyl (C=O) groups is 3. The lowest BCUT2D eigenvalue weighted by Crippen LogP contribution is -2.31. The Bertz CT molecular complexity index is 444. The van der Waals surface area contributed by atoms with Gasteiger partial charge in [-0.25, -0.2) is 4.79 Å². The van der Waals surface area contributed by atoms with E-state index in [1.54, 1.807) is 37.3 Å². The lowest BCUT2D eigenvalue weighted by Gasteiger charge is -2.06. The number of esters is 2. The fourth-order valence-corrected chi connectivity index (χ4v) is 1.24. The minimum Gasteiger partial charge on any atom is -0.463 e. The number of hydrogen-bond donors (Lipinski definition) is 1. The van der Waals surface area contributed by atoms with Crippen LogP contribution in [0.15, 0.2) is 30.3 Å². The highest BCUT2D eigenvalue weighted by atomic mass is 16.6. The minimum atomic E-state index is -0.697. The molecule has 1 rings (SSSR count). The van der Waals surface area contributed by atoms with E-state index in [0.717, 1.165) is 0 Å². The summed E-state index contributed by atoms with van der Waals surface area (Å²) < 4.78 is 9.20. The van der Waals surface area contributed by atoms with Gasteiger partial charge in [-0.15, -0.1) is 0 Å². The van der Waals surface area contributed by atoms with Gasteiger partial charge in [0.25, 0.3) is 5.91 Å². The molecule has 6 heteroatoms. The molecule has 1 amide bonds. The first-order chi connectivity index (χ1) is 9.13. The molecule has 0 fully saturated rings. The van der Waals surface area contributed by atoms with E-state index in [1.807, 2.05) is 0 Å². The molecule has 0 aliphatic carbocycles. The Labute approximate surface area is 110 Å². The highest BCUT2D eigenvalue weighted by Crippen LogP contribution is 1.97. The lowest BCUT2D eigenvalue weighted by atomic mass is 10.2. The lowest BCUT2D eigenvalue weighted by molar-refractivity contribution is -0.157. The van der Waals surface area contributed by atoms with E-state index in [9.17, 15) is 14.4 Å². The highest BCUT2D eigenvalue weighted by Gasteiger charge is 2.10. The van der Waals surface area contributed by atoms with Gasteiger partial charge in [0.15, 0.2) is 6.61 Å². The predicted octanol–water partition coefficient (Wildman–Crippen LogP) is 0.523. The van der Waals surface area contributed by atoms with Crippen LogP contribution in [0.3, 0.4) is 0 Å². The summed E-state index contributed by atoms with van der Waals surface area (Å²) in [5.41, 5.74) is 0.445. The third-order valence-corrected chi connectivity index (χ3v) is 2.09. The van der Waals surface area contributed by atoms with Crippen LogP contribution in [-0.2, 0) is 19.1 Å². The summed E-state index contributed by atoms with van der Waals surface area (Å²) in [4.78, 5) is 33.7. The second-order valence-corrected chi connectivity index (χ2v) is 3.51. The number of hydrogen-bond acceptors (Lipinski definition) is 5. The second kappa shape index (κ2) is 7.86. The van der Waals surface area contributed by atoms with E-state index in [4.69, 9.17) is 0 Å². The summed E-state index contributed by atoms with van der Waals surface area (Å²) in [6.07, 6.45) is 0. The van der Waals surface area contributed by atoms with Gasteiger partial charge in [0.1, 0.15) is 6.54 Å². The van der Waals surface area contributed by atoms with Crippen molar-refractivity contribution in [2.75, 3.05) is 19.8 Å². The first-order valence-corrected chi connectivity index (χ1v) is 5.78. The van der Waals surface area contributed by atoms with Crippen LogP contribution in [0.4, 0.5) is 0 Å². The van der Waals surface area contributed by atoms with Gasteiger partial charge < -0.3 is 14.8 Å². The second-order valence-electron chi connectivity index (χ2n) is 3.51. The average molecular weight is 265 g/mol. The summed E-state index contributed by atoms with van der Waals surface area (Å²) in [5.74, 6) is -1.70. The number of carbonyl (C=O) groups excluding carboxylic acids is 3. The molecule has 0 aliphatic rings. The number of ether oxygens (including phenoxy) is 2. The van der Waals surface area contributed by atoms with Crippen molar-refractivity contribution in [1.29, 1.82) is 0 Å². The van der Waals surface area contributed by atoms with Crippen LogP contribution < -0.4 is 5.32 Å². The molecule has 0 atom stereocenters. The normalized spacial score (nSPS) is 9.53. The van der Waals surface area contributed by atoms with E-state index < -0.39 is 18.5 Å². The van der Waals surface area contributed by atoms with Crippen molar-refractivity contribution >= 4 is 17.8 Å². The third-order valence-electron chi connectivity index (χ3n) is 2.09. The molecule has 0 heterocycles. The van der Waals surface area contributed by atoms with Crippen LogP contribution in [0.5, 0.6) is 0 Å². The first-order valence-electron chi connectivity index (χ1n) is 5.78. The van der Waals surface area contributed by atoms with Gasteiger partial charge in [0.05, 0.1) is 6.61 Å². The van der Waals surface area contributed by atoms with Gasteiger partial charge in [-0.2, -0.15) is 0 Å². The summed E-state index contributed by atoms with van der Waals surface area (Å²) in [6.45, 7) is 1.13. The Balaban J connectivity index is 2.27. The molecule has 0 spiro atoms. The monoisotopic (exact) mass is 265 g/mol. The van der Waals surface area contributed by atoms with E-state index in [1.165, 1.54) is 0 Å². The smallest absolute Gasteiger partial charge is 0.344 e. The van der Waals surface area contributed by atoms with Gasteiger partial charge >= 0.3 is 11.9 Å². The van der Waals surface area contributed by atoms with Crippen LogP contribution in [0.25, 0.3) is 0 Å². The summed E-state index contributed by atoms with van der Waals surface area (Å²) >= 11 is 0. The maximum atomic E-state index is 11.6. The zero-order valence-corrected chi connectivity index (χ0v) is 10.5. The molecule has 19 heavy (non-hydrogen) atoms. The fraction of sp³-hybridized carbons (Fsp3) is 0.308. The predicted molar refractivity (Wildman–Crippen MR) is 66.4 cm³/mol. The Morgan fingerprint density at radius 2 is 1.74 bits per heavy atom. The van der Waals surface area contributed by atoms with Gasteiger partial charge in [0, 0.05) is 5.56 Å². The van der Waals surface area contributed by atoms with Crippen molar-refractivity contribution in [2.45, 2.75) is 6.92 Å². The van der Waals surface area contributed by atoms with Crippen molar-refractivity contribution in [3.05, 3.63) is 35.9 Å². The quantitative estimate of drug-likeness (QED) is 0.758. The molecule has 1 N–H and O–H groups in total. The first kappa shape index (κ1) is 14.7. The molecule has 0 radical (unpaired) electrons. The highest BCUT2D eigenvalue weighted by molar-refractivity contribution is 5.95. The zero-order chi connectivity index (χ0) is 14.1. The Hall–Kier alpha value is -2.37. The van der Waals surface area contributed by atoms with Gasteiger partial charge in [-0.1, -0.05) is 18.2 Å². The molecule has 1 aromatic carbocycles. The summed E-state index contributed by atoms with van der Waals surface area (Å²) in [5, 5.41) is 2.39. The summed E-state index contributed by atoms with van der Waals surface area (Å²) in [7, 11) is 0. The van der Waals surface area contributed by atoms with E-state index in [-0.39, 0.29) is 19.1 Å². The van der Waals surface area contributed by atoms with Crippen molar-refractivity contribution < 1.29 is 23.9 Å². The van der Waals surface area contributed by atoms with Crippen molar-refractivity contribution in [2.24, 2.45) is 0 Å². The third kappa shape index (κ3) is 5.67. The molecule has 0 saturated heterocycles. The van der Waals surface area contributed by atoms with Gasteiger partial charge in [-0.05, 0) is 19.1 Å². The SMILES string of the molecule is CCOC(=O)COC(=O)CNC(=O)c1ccccc1. The maximum absolute atomic E-state index is 11.6. The number of benzene rings is 1. The Morgan fingerprint density at radius 3 is 2.37 bits per heavy atom. The average Bonchev–Trinajstić information content (AvgIpc) is 2.44. The van der Waals surface area contributed by atoms with Crippen LogP contribution in [0.2, 0.25) is 0 Å². The van der Waals surface area contributed by atoms with E-state index in [2.05, 4.69) is 14.8 Å². The topological polar surface area (TPSA) is 81.7 Å². The van der Waals surface area contributed by atoms with Gasteiger partial charge in [0.2, 0.25) is 0 Å². The molecular weight excluding hydrogens is 250 g/mol. The van der Waals surface area contributed by atoms with Crippen LogP contribution >= 0.6 is 0 Å². The fourth-order valence-electron chi connectivity index (χ4n) is 1.24. The minimum absolute atomic E-state index is 0.223. The number of amides is 1. The zero-order valence-electron chi connectivity index (χ0n) is 10.5. The van der Waals surface area contributed by atoms with Crippen LogP contribution in [-0.4, -0.2) is 37.6 Å². The van der Waals surface area contributed by atoms with Crippen molar-refractivity contribution in [3.63, 3.8) is 0 Å². The molecule has 0 aromatic heterocycles. The molecule has 0 aliphatic heterocycles. The Kier molecular flexibility index (Phi) is 6.08. The van der Waals surface area contributed by atoms with E-state index in [0.29, 0.717) is 5.56 Å². The molecule has 0 saturated carbocycles. The maximum Gasteiger partial charge on any atom is 0.344 e. The van der Waals surface area contributed by atoms with Crippen LogP contribution in [0.1, 0.15) is 17.3 Å². The number of rotatable bonds is 6. The molecule has 0 unspecified atom stereocenters. The molecular formula is C13H15NO5. The molecule has 1 aromatic rings. The largest absolute Gasteiger partial charge is 0.463 e. The molecule has 6 nitrogen and oxygen atoms in total. The summed E-state index contributed by atoms with van der Waals surface area (Å²) in [6, 6.07) is 8.46. The van der Waals surface area contributed by atoms with Crippen molar-refractivity contribution in [3.8, 4) is 0 Å². The van der Waals surface area contributed by atoms with Crippen LogP contribution in [0, 0.1) is 0 Å². The molecule has 102 valence electrons.